The van der Waals surface area contributed by atoms with Gasteiger partial charge < -0.3 is 0 Å². The number of thioether (sulfide) groups is 1. The number of rotatable bonds is 4. The minimum Gasteiger partial charge on any atom is -0.299 e. The van der Waals surface area contributed by atoms with Gasteiger partial charge in [0.2, 0.25) is 0 Å². The lowest BCUT2D eigenvalue weighted by atomic mass is 9.97. The fourth-order valence-electron chi connectivity index (χ4n) is 4.01. The molecule has 1 saturated carbocycles. The number of aryl methyl sites for hydroxylation is 2. The van der Waals surface area contributed by atoms with Gasteiger partial charge in [-0.1, -0.05) is 24.6 Å². The number of nitrogens with zero attached hydrogens (tertiary/aromatic N) is 2. The standard InChI is InChI=1S/C19H24N2O2S2/c1-11(22)12(2)24-19-20-17-16(14-9-5-6-10-15(14)25-17)18(23)21(19)13-7-3-4-8-13/h12-13H,3-10H2,1-2H3. The van der Waals surface area contributed by atoms with Gasteiger partial charge in [0.15, 0.2) is 5.16 Å². The van der Waals surface area contributed by atoms with E-state index in [0.29, 0.717) is 0 Å². The van der Waals surface area contributed by atoms with Gasteiger partial charge in [-0.15, -0.1) is 11.3 Å². The van der Waals surface area contributed by atoms with E-state index in [1.54, 1.807) is 18.3 Å². The lowest BCUT2D eigenvalue weighted by Crippen LogP contribution is -2.27. The molecule has 4 rings (SSSR count). The Hall–Kier alpha value is -1.14. The highest BCUT2D eigenvalue weighted by Gasteiger charge is 2.28. The molecule has 0 spiro atoms. The molecule has 1 unspecified atom stereocenters. The van der Waals surface area contributed by atoms with Crippen molar-refractivity contribution in [1.29, 1.82) is 0 Å². The van der Waals surface area contributed by atoms with E-state index in [1.807, 2.05) is 11.5 Å². The molecular weight excluding hydrogens is 352 g/mol. The van der Waals surface area contributed by atoms with Crippen LogP contribution in [0.3, 0.4) is 0 Å². The van der Waals surface area contributed by atoms with Crippen LogP contribution in [0.5, 0.6) is 0 Å². The molecule has 0 aliphatic heterocycles. The first kappa shape index (κ1) is 17.3. The molecular formula is C19H24N2O2S2. The van der Waals surface area contributed by atoms with Crippen LogP contribution in [0.15, 0.2) is 9.95 Å². The average molecular weight is 377 g/mol. The topological polar surface area (TPSA) is 52.0 Å². The van der Waals surface area contributed by atoms with E-state index < -0.39 is 0 Å². The first-order valence-electron chi connectivity index (χ1n) is 9.30. The van der Waals surface area contributed by atoms with Crippen LogP contribution in [0.2, 0.25) is 0 Å². The largest absolute Gasteiger partial charge is 0.299 e. The number of fused-ring (bicyclic) bond motifs is 3. The van der Waals surface area contributed by atoms with Crippen molar-refractivity contribution in [1.82, 2.24) is 9.55 Å². The van der Waals surface area contributed by atoms with Crippen molar-refractivity contribution in [3.63, 3.8) is 0 Å². The summed E-state index contributed by atoms with van der Waals surface area (Å²) >= 11 is 3.14. The highest BCUT2D eigenvalue weighted by Crippen LogP contribution is 2.38. The normalized spacial score (nSPS) is 19.3. The predicted molar refractivity (Wildman–Crippen MR) is 104 cm³/mol. The highest BCUT2D eigenvalue weighted by atomic mass is 32.2. The van der Waals surface area contributed by atoms with Gasteiger partial charge in [-0.25, -0.2) is 4.98 Å². The van der Waals surface area contributed by atoms with E-state index >= 15 is 0 Å². The van der Waals surface area contributed by atoms with Crippen LogP contribution in [0.25, 0.3) is 10.2 Å². The summed E-state index contributed by atoms with van der Waals surface area (Å²) in [6.07, 6.45) is 8.88. The molecule has 2 heterocycles. The number of carbonyl (C=O) groups is 1. The zero-order valence-corrected chi connectivity index (χ0v) is 16.5. The number of hydrogen-bond acceptors (Lipinski definition) is 5. The Morgan fingerprint density at radius 2 is 1.96 bits per heavy atom. The number of hydrogen-bond donors (Lipinski definition) is 0. The van der Waals surface area contributed by atoms with Crippen molar-refractivity contribution in [3.05, 3.63) is 20.8 Å². The molecule has 1 fully saturated rings. The van der Waals surface area contributed by atoms with Gasteiger partial charge in [-0.05, 0) is 57.9 Å². The van der Waals surface area contributed by atoms with E-state index in [4.69, 9.17) is 4.98 Å². The summed E-state index contributed by atoms with van der Waals surface area (Å²) < 4.78 is 1.93. The summed E-state index contributed by atoms with van der Waals surface area (Å²) in [4.78, 5) is 32.3. The summed E-state index contributed by atoms with van der Waals surface area (Å²) in [6.45, 7) is 3.51. The molecule has 0 bridgehead atoms. The lowest BCUT2D eigenvalue weighted by molar-refractivity contribution is -0.116. The Kier molecular flexibility index (Phi) is 4.75. The summed E-state index contributed by atoms with van der Waals surface area (Å²) in [6, 6.07) is 0.241. The van der Waals surface area contributed by atoms with E-state index in [2.05, 4.69) is 0 Å². The van der Waals surface area contributed by atoms with E-state index in [0.717, 1.165) is 41.1 Å². The Morgan fingerprint density at radius 3 is 2.68 bits per heavy atom. The van der Waals surface area contributed by atoms with Gasteiger partial charge in [0.1, 0.15) is 10.6 Å². The first-order chi connectivity index (χ1) is 12.1. The molecule has 2 aromatic heterocycles. The van der Waals surface area contributed by atoms with Crippen molar-refractivity contribution in [2.24, 2.45) is 0 Å². The van der Waals surface area contributed by atoms with Gasteiger partial charge in [0.05, 0.1) is 10.6 Å². The van der Waals surface area contributed by atoms with Crippen molar-refractivity contribution in [2.45, 2.75) is 81.7 Å². The molecule has 0 saturated heterocycles. The van der Waals surface area contributed by atoms with Crippen molar-refractivity contribution in [2.75, 3.05) is 0 Å². The Morgan fingerprint density at radius 1 is 1.24 bits per heavy atom. The maximum atomic E-state index is 13.5. The molecule has 2 aliphatic rings. The zero-order chi connectivity index (χ0) is 17.6. The second-order valence-electron chi connectivity index (χ2n) is 7.27. The lowest BCUT2D eigenvalue weighted by Gasteiger charge is -2.19. The number of thiophene rings is 1. The first-order valence-corrected chi connectivity index (χ1v) is 11.0. The molecule has 6 heteroatoms. The fourth-order valence-corrected chi connectivity index (χ4v) is 6.29. The van der Waals surface area contributed by atoms with Crippen LogP contribution in [-0.4, -0.2) is 20.6 Å². The van der Waals surface area contributed by atoms with Gasteiger partial charge in [0.25, 0.3) is 5.56 Å². The molecule has 25 heavy (non-hydrogen) atoms. The molecule has 0 N–H and O–H groups in total. The molecule has 1 atom stereocenters. The summed E-state index contributed by atoms with van der Waals surface area (Å²) in [5, 5.41) is 1.43. The van der Waals surface area contributed by atoms with Crippen LogP contribution in [0.1, 0.15) is 68.9 Å². The Balaban J connectivity index is 1.91. The summed E-state index contributed by atoms with van der Waals surface area (Å²) in [5.41, 5.74) is 1.39. The third-order valence-corrected chi connectivity index (χ3v) is 7.90. The van der Waals surface area contributed by atoms with Crippen molar-refractivity contribution in [3.8, 4) is 0 Å². The van der Waals surface area contributed by atoms with E-state index in [-0.39, 0.29) is 22.6 Å². The molecule has 2 aliphatic carbocycles. The summed E-state index contributed by atoms with van der Waals surface area (Å²) in [5.74, 6) is 0.128. The Labute approximate surface area is 156 Å². The number of aromatic nitrogens is 2. The molecule has 0 aromatic carbocycles. The smallest absolute Gasteiger partial charge is 0.263 e. The second-order valence-corrected chi connectivity index (χ2v) is 9.66. The summed E-state index contributed by atoms with van der Waals surface area (Å²) in [7, 11) is 0. The van der Waals surface area contributed by atoms with Gasteiger partial charge >= 0.3 is 0 Å². The van der Waals surface area contributed by atoms with Crippen LogP contribution >= 0.6 is 23.1 Å². The maximum Gasteiger partial charge on any atom is 0.263 e. The van der Waals surface area contributed by atoms with Crippen LogP contribution in [0, 0.1) is 0 Å². The molecule has 4 nitrogen and oxygen atoms in total. The monoisotopic (exact) mass is 376 g/mol. The SMILES string of the molecule is CC(=O)C(C)Sc1nc2sc3c(c2c(=O)n1C1CCCC1)CCCC3. The van der Waals surface area contributed by atoms with Crippen LogP contribution < -0.4 is 5.56 Å². The molecule has 2 aromatic rings. The Bertz CT molecular complexity index is 878. The molecule has 134 valence electrons. The molecule has 0 radical (unpaired) electrons. The van der Waals surface area contributed by atoms with Gasteiger partial charge in [-0.2, -0.15) is 0 Å². The minimum absolute atomic E-state index is 0.128. The molecule has 0 amide bonds. The van der Waals surface area contributed by atoms with Gasteiger partial charge in [-0.3, -0.25) is 14.2 Å². The quantitative estimate of drug-likeness (QED) is 0.581. The second kappa shape index (κ2) is 6.88. The van der Waals surface area contributed by atoms with Gasteiger partial charge in [0, 0.05) is 10.9 Å². The maximum absolute atomic E-state index is 13.5. The van der Waals surface area contributed by atoms with Crippen molar-refractivity contribution >= 4 is 39.1 Å². The number of carbonyl (C=O) groups excluding carboxylic acids is 1. The van der Waals surface area contributed by atoms with Crippen LogP contribution in [-0.2, 0) is 17.6 Å². The number of ketones is 1. The third-order valence-electron chi connectivity index (χ3n) is 5.53. The fraction of sp³-hybridized carbons (Fsp3) is 0.632. The van der Waals surface area contributed by atoms with Crippen LogP contribution in [0.4, 0.5) is 0 Å². The minimum atomic E-state index is -0.174. The number of Topliss-reactive ketones (excluding diaryl/α,β-unsaturated/α-hetero) is 1. The average Bonchev–Trinajstić information content (AvgIpc) is 3.21. The van der Waals surface area contributed by atoms with E-state index in [1.165, 1.54) is 47.9 Å². The third kappa shape index (κ3) is 3.08. The predicted octanol–water partition coefficient (Wildman–Crippen LogP) is 4.52. The van der Waals surface area contributed by atoms with E-state index in [9.17, 15) is 9.59 Å². The van der Waals surface area contributed by atoms with Crippen molar-refractivity contribution < 1.29 is 4.79 Å². The zero-order valence-electron chi connectivity index (χ0n) is 14.8. The highest BCUT2D eigenvalue weighted by molar-refractivity contribution is 8.00.